The zero-order valence-electron chi connectivity index (χ0n) is 14.2. The molecule has 0 aromatic rings. The molecule has 1 saturated carbocycles. The van der Waals surface area contributed by atoms with Crippen LogP contribution < -0.4 is 10.6 Å². The SMILES string of the molecule is CCN=C(NCC)NC1CCC(C(=O)OC(C)(C)C)CC1. The van der Waals surface area contributed by atoms with Crippen LogP contribution in [0.4, 0.5) is 0 Å². The Morgan fingerprint density at radius 2 is 1.81 bits per heavy atom. The first-order valence-corrected chi connectivity index (χ1v) is 8.13. The van der Waals surface area contributed by atoms with E-state index < -0.39 is 5.60 Å². The van der Waals surface area contributed by atoms with Gasteiger partial charge in [-0.3, -0.25) is 9.79 Å². The third kappa shape index (κ3) is 6.82. The predicted octanol–water partition coefficient (Wildman–Crippen LogP) is 2.46. The van der Waals surface area contributed by atoms with Crippen LogP contribution in [0.1, 0.15) is 60.3 Å². The van der Waals surface area contributed by atoms with Crippen molar-refractivity contribution in [2.45, 2.75) is 71.9 Å². The fourth-order valence-corrected chi connectivity index (χ4v) is 2.53. The molecule has 0 bridgehead atoms. The second kappa shape index (κ2) is 8.25. The molecule has 1 fully saturated rings. The lowest BCUT2D eigenvalue weighted by molar-refractivity contribution is -0.161. The minimum atomic E-state index is -0.391. The summed E-state index contributed by atoms with van der Waals surface area (Å²) in [5.74, 6) is 0.878. The zero-order chi connectivity index (χ0) is 15.9. The molecule has 1 aliphatic carbocycles. The first-order valence-electron chi connectivity index (χ1n) is 8.13. The zero-order valence-corrected chi connectivity index (χ0v) is 14.2. The number of hydrogen-bond donors (Lipinski definition) is 2. The summed E-state index contributed by atoms with van der Waals surface area (Å²) >= 11 is 0. The number of esters is 1. The van der Waals surface area contributed by atoms with Gasteiger partial charge in [-0.1, -0.05) is 0 Å². The highest BCUT2D eigenvalue weighted by molar-refractivity contribution is 5.80. The molecule has 0 radical (unpaired) electrons. The molecule has 2 N–H and O–H groups in total. The first kappa shape index (κ1) is 17.8. The van der Waals surface area contributed by atoms with Gasteiger partial charge in [-0.15, -0.1) is 0 Å². The molecule has 1 aliphatic rings. The lowest BCUT2D eigenvalue weighted by Crippen LogP contribution is -2.45. The Morgan fingerprint density at radius 1 is 1.19 bits per heavy atom. The normalized spacial score (nSPS) is 23.6. The minimum Gasteiger partial charge on any atom is -0.460 e. The summed E-state index contributed by atoms with van der Waals surface area (Å²) in [6.07, 6.45) is 3.74. The van der Waals surface area contributed by atoms with Crippen molar-refractivity contribution in [3.8, 4) is 0 Å². The molecule has 0 heterocycles. The summed E-state index contributed by atoms with van der Waals surface area (Å²) in [5, 5.41) is 6.70. The Labute approximate surface area is 128 Å². The molecule has 0 aliphatic heterocycles. The molecule has 0 aromatic carbocycles. The van der Waals surface area contributed by atoms with E-state index in [1.807, 2.05) is 27.7 Å². The predicted molar refractivity (Wildman–Crippen MR) is 86.4 cm³/mol. The highest BCUT2D eigenvalue weighted by Crippen LogP contribution is 2.26. The number of carbonyl (C=O) groups excluding carboxylic acids is 1. The standard InChI is InChI=1S/C16H31N3O2/c1-6-17-15(18-7-2)19-13-10-8-12(9-11-13)14(20)21-16(3,4)5/h12-13H,6-11H2,1-5H3,(H2,17,18,19). The third-order valence-corrected chi connectivity index (χ3v) is 3.47. The van der Waals surface area contributed by atoms with Gasteiger partial charge in [-0.2, -0.15) is 0 Å². The van der Waals surface area contributed by atoms with E-state index in [1.54, 1.807) is 0 Å². The molecule has 0 saturated heterocycles. The van der Waals surface area contributed by atoms with Gasteiger partial charge < -0.3 is 15.4 Å². The number of guanidine groups is 1. The maximum absolute atomic E-state index is 12.1. The lowest BCUT2D eigenvalue weighted by atomic mass is 9.86. The number of hydrogen-bond acceptors (Lipinski definition) is 3. The van der Waals surface area contributed by atoms with Crippen molar-refractivity contribution in [2.24, 2.45) is 10.9 Å². The highest BCUT2D eigenvalue weighted by Gasteiger charge is 2.30. The number of aliphatic imine (C=N–C) groups is 1. The van der Waals surface area contributed by atoms with Crippen molar-refractivity contribution in [1.29, 1.82) is 0 Å². The largest absolute Gasteiger partial charge is 0.460 e. The first-order chi connectivity index (χ1) is 9.85. The van der Waals surface area contributed by atoms with Crippen LogP contribution >= 0.6 is 0 Å². The molecule has 1 rings (SSSR count). The Balaban J connectivity index is 2.41. The molecule has 5 heteroatoms. The van der Waals surface area contributed by atoms with Gasteiger partial charge in [-0.05, 0) is 60.3 Å². The molecular weight excluding hydrogens is 266 g/mol. The van der Waals surface area contributed by atoms with Gasteiger partial charge in [0, 0.05) is 19.1 Å². The molecular formula is C16H31N3O2. The van der Waals surface area contributed by atoms with E-state index in [0.717, 1.165) is 44.7 Å². The van der Waals surface area contributed by atoms with E-state index in [1.165, 1.54) is 0 Å². The Morgan fingerprint density at radius 3 is 2.29 bits per heavy atom. The Kier molecular flexibility index (Phi) is 6.99. The number of nitrogens with zero attached hydrogens (tertiary/aromatic N) is 1. The maximum Gasteiger partial charge on any atom is 0.309 e. The van der Waals surface area contributed by atoms with Crippen LogP contribution in [0.3, 0.4) is 0 Å². The van der Waals surface area contributed by atoms with E-state index >= 15 is 0 Å². The fraction of sp³-hybridized carbons (Fsp3) is 0.875. The van der Waals surface area contributed by atoms with Crippen molar-refractivity contribution in [3.05, 3.63) is 0 Å². The fourth-order valence-electron chi connectivity index (χ4n) is 2.53. The summed E-state index contributed by atoms with van der Waals surface area (Å²) in [7, 11) is 0. The molecule has 21 heavy (non-hydrogen) atoms. The number of nitrogens with one attached hydrogen (secondary N) is 2. The number of carbonyl (C=O) groups is 1. The van der Waals surface area contributed by atoms with E-state index in [9.17, 15) is 4.79 Å². The van der Waals surface area contributed by atoms with Gasteiger partial charge >= 0.3 is 5.97 Å². The average Bonchev–Trinajstić information content (AvgIpc) is 2.38. The summed E-state index contributed by atoms with van der Waals surface area (Å²) in [6.45, 7) is 11.5. The van der Waals surface area contributed by atoms with E-state index in [4.69, 9.17) is 4.74 Å². The summed E-state index contributed by atoms with van der Waals surface area (Å²) < 4.78 is 5.48. The maximum atomic E-state index is 12.1. The second-order valence-corrected chi connectivity index (χ2v) is 6.58. The molecule has 0 amide bonds. The van der Waals surface area contributed by atoms with Crippen molar-refractivity contribution in [1.82, 2.24) is 10.6 Å². The highest BCUT2D eigenvalue weighted by atomic mass is 16.6. The smallest absolute Gasteiger partial charge is 0.309 e. The van der Waals surface area contributed by atoms with Crippen molar-refractivity contribution in [2.75, 3.05) is 13.1 Å². The van der Waals surface area contributed by atoms with E-state index in [2.05, 4.69) is 22.5 Å². The minimum absolute atomic E-state index is 0.0462. The molecule has 5 nitrogen and oxygen atoms in total. The van der Waals surface area contributed by atoms with Gasteiger partial charge in [0.1, 0.15) is 5.60 Å². The van der Waals surface area contributed by atoms with Gasteiger partial charge in [0.2, 0.25) is 0 Å². The van der Waals surface area contributed by atoms with Crippen molar-refractivity contribution in [3.63, 3.8) is 0 Å². The Hall–Kier alpha value is -1.26. The molecule has 0 spiro atoms. The van der Waals surface area contributed by atoms with E-state index in [0.29, 0.717) is 6.04 Å². The van der Waals surface area contributed by atoms with Gasteiger partial charge in [-0.25, -0.2) is 0 Å². The topological polar surface area (TPSA) is 62.7 Å². The average molecular weight is 297 g/mol. The Bertz CT molecular complexity index is 353. The summed E-state index contributed by atoms with van der Waals surface area (Å²) in [6, 6.07) is 0.396. The van der Waals surface area contributed by atoms with Crippen LogP contribution in [0.25, 0.3) is 0 Å². The van der Waals surface area contributed by atoms with Gasteiger partial charge in [0.05, 0.1) is 5.92 Å². The van der Waals surface area contributed by atoms with Crippen molar-refractivity contribution >= 4 is 11.9 Å². The molecule has 122 valence electrons. The third-order valence-electron chi connectivity index (χ3n) is 3.47. The molecule has 0 unspecified atom stereocenters. The molecule has 0 aromatic heterocycles. The number of ether oxygens (including phenoxy) is 1. The van der Waals surface area contributed by atoms with Crippen LogP contribution in [0.5, 0.6) is 0 Å². The van der Waals surface area contributed by atoms with Crippen LogP contribution in [-0.2, 0) is 9.53 Å². The van der Waals surface area contributed by atoms with Gasteiger partial charge in [0.25, 0.3) is 0 Å². The van der Waals surface area contributed by atoms with Crippen LogP contribution in [0, 0.1) is 5.92 Å². The summed E-state index contributed by atoms with van der Waals surface area (Å²) in [5.41, 5.74) is -0.391. The lowest BCUT2D eigenvalue weighted by Gasteiger charge is -2.31. The van der Waals surface area contributed by atoms with Gasteiger partial charge in [0.15, 0.2) is 5.96 Å². The van der Waals surface area contributed by atoms with E-state index in [-0.39, 0.29) is 11.9 Å². The quantitative estimate of drug-likeness (QED) is 0.475. The van der Waals surface area contributed by atoms with Crippen LogP contribution in [-0.4, -0.2) is 36.7 Å². The van der Waals surface area contributed by atoms with Crippen molar-refractivity contribution < 1.29 is 9.53 Å². The second-order valence-electron chi connectivity index (χ2n) is 6.58. The monoisotopic (exact) mass is 297 g/mol. The molecule has 0 atom stereocenters. The van der Waals surface area contributed by atoms with Crippen LogP contribution in [0.2, 0.25) is 0 Å². The van der Waals surface area contributed by atoms with Crippen LogP contribution in [0.15, 0.2) is 4.99 Å². The summed E-state index contributed by atoms with van der Waals surface area (Å²) in [4.78, 5) is 16.5. The number of rotatable bonds is 4.